The van der Waals surface area contributed by atoms with Gasteiger partial charge in [0.2, 0.25) is 0 Å². The van der Waals surface area contributed by atoms with Crippen molar-refractivity contribution in [3.8, 4) is 0 Å². The van der Waals surface area contributed by atoms with Crippen LogP contribution in [0.3, 0.4) is 0 Å². The van der Waals surface area contributed by atoms with Crippen LogP contribution in [0.5, 0.6) is 0 Å². The number of nitrogens with zero attached hydrogens (tertiary/aromatic N) is 2. The van der Waals surface area contributed by atoms with E-state index in [1.165, 1.54) is 17.7 Å². The summed E-state index contributed by atoms with van der Waals surface area (Å²) in [6, 6.07) is 0. The molecule has 0 radical (unpaired) electrons. The Morgan fingerprint density at radius 2 is 2.33 bits per heavy atom. The smallest absolute Gasteiger partial charge is 0.133 e. The van der Waals surface area contributed by atoms with E-state index in [0.717, 1.165) is 51.3 Å². The van der Waals surface area contributed by atoms with Crippen LogP contribution in [0.2, 0.25) is 0 Å². The molecule has 4 heteroatoms. The molecule has 1 aliphatic heterocycles. The summed E-state index contributed by atoms with van der Waals surface area (Å²) in [7, 11) is 0. The summed E-state index contributed by atoms with van der Waals surface area (Å²) in [5.74, 6) is 2.00. The molecular weight excluding hydrogens is 226 g/mol. The zero-order valence-electron chi connectivity index (χ0n) is 10.8. The molecule has 1 aliphatic carbocycles. The number of aryl methyl sites for hydroxylation is 1. The molecule has 1 saturated heterocycles. The highest BCUT2D eigenvalue weighted by Gasteiger charge is 2.23. The molecule has 2 heterocycles. The maximum Gasteiger partial charge on any atom is 0.133 e. The monoisotopic (exact) mass is 247 g/mol. The van der Waals surface area contributed by atoms with Gasteiger partial charge in [0.15, 0.2) is 0 Å². The van der Waals surface area contributed by atoms with Gasteiger partial charge in [0.05, 0.1) is 6.61 Å². The van der Waals surface area contributed by atoms with Crippen LogP contribution in [0.4, 0.5) is 0 Å². The first kappa shape index (κ1) is 12.1. The Bertz CT molecular complexity index is 416. The third-order valence-corrected chi connectivity index (χ3v) is 4.13. The Kier molecular flexibility index (Phi) is 3.57. The van der Waals surface area contributed by atoms with Crippen molar-refractivity contribution in [2.45, 2.75) is 38.0 Å². The predicted octanol–water partition coefficient (Wildman–Crippen LogP) is 1.43. The van der Waals surface area contributed by atoms with E-state index in [1.807, 2.05) is 6.20 Å². The van der Waals surface area contributed by atoms with Gasteiger partial charge in [0.25, 0.3) is 0 Å². The first-order valence-corrected chi connectivity index (χ1v) is 6.99. The lowest BCUT2D eigenvalue weighted by molar-refractivity contribution is 0.0779. The fraction of sp³-hybridized carbons (Fsp3) is 0.714. The second kappa shape index (κ2) is 5.33. The standard InChI is InChI=1S/C14H21N3O/c15-7-10-3-4-13-12(6-10)8-16-14(17-13)11-2-1-5-18-9-11/h8,10-11H,1-7,9,15H2. The third-order valence-electron chi connectivity index (χ3n) is 4.13. The molecule has 2 unspecified atom stereocenters. The van der Waals surface area contributed by atoms with E-state index in [0.29, 0.717) is 11.8 Å². The van der Waals surface area contributed by atoms with Crippen LogP contribution in [0.15, 0.2) is 6.20 Å². The largest absolute Gasteiger partial charge is 0.381 e. The van der Waals surface area contributed by atoms with Crippen molar-refractivity contribution in [2.75, 3.05) is 19.8 Å². The SMILES string of the molecule is NCC1CCc2nc(C3CCCOC3)ncc2C1. The highest BCUT2D eigenvalue weighted by Crippen LogP contribution is 2.27. The Morgan fingerprint density at radius 3 is 3.11 bits per heavy atom. The summed E-state index contributed by atoms with van der Waals surface area (Å²) in [6.07, 6.45) is 7.58. The minimum absolute atomic E-state index is 0.399. The number of fused-ring (bicyclic) bond motifs is 1. The van der Waals surface area contributed by atoms with Gasteiger partial charge >= 0.3 is 0 Å². The summed E-state index contributed by atoms with van der Waals surface area (Å²) in [5, 5.41) is 0. The van der Waals surface area contributed by atoms with Crippen LogP contribution in [-0.2, 0) is 17.6 Å². The molecule has 98 valence electrons. The van der Waals surface area contributed by atoms with Gasteiger partial charge in [-0.1, -0.05) is 0 Å². The van der Waals surface area contributed by atoms with E-state index >= 15 is 0 Å². The van der Waals surface area contributed by atoms with E-state index in [1.54, 1.807) is 0 Å². The van der Waals surface area contributed by atoms with Gasteiger partial charge in [-0.3, -0.25) is 0 Å². The van der Waals surface area contributed by atoms with Crippen molar-refractivity contribution in [3.05, 3.63) is 23.3 Å². The normalized spacial score (nSPS) is 27.8. The van der Waals surface area contributed by atoms with E-state index in [-0.39, 0.29) is 0 Å². The maximum atomic E-state index is 5.75. The fourth-order valence-corrected chi connectivity index (χ4v) is 2.94. The third kappa shape index (κ3) is 2.40. The summed E-state index contributed by atoms with van der Waals surface area (Å²) in [6.45, 7) is 2.45. The molecule has 3 rings (SSSR count). The van der Waals surface area contributed by atoms with Crippen LogP contribution in [0.25, 0.3) is 0 Å². The van der Waals surface area contributed by atoms with Gasteiger partial charge in [-0.05, 0) is 50.1 Å². The lowest BCUT2D eigenvalue weighted by Gasteiger charge is -2.25. The molecule has 2 N–H and O–H groups in total. The van der Waals surface area contributed by atoms with E-state index < -0.39 is 0 Å². The molecule has 0 aromatic carbocycles. The zero-order chi connectivity index (χ0) is 12.4. The number of nitrogens with two attached hydrogens (primary N) is 1. The van der Waals surface area contributed by atoms with Crippen molar-refractivity contribution in [1.29, 1.82) is 0 Å². The Morgan fingerprint density at radius 1 is 1.39 bits per heavy atom. The molecule has 0 saturated carbocycles. The molecule has 1 aromatic heterocycles. The van der Waals surface area contributed by atoms with Crippen molar-refractivity contribution in [1.82, 2.24) is 9.97 Å². The molecule has 4 nitrogen and oxygen atoms in total. The zero-order valence-corrected chi connectivity index (χ0v) is 10.8. The topological polar surface area (TPSA) is 61.0 Å². The number of rotatable bonds is 2. The first-order valence-electron chi connectivity index (χ1n) is 6.99. The molecule has 0 bridgehead atoms. The average molecular weight is 247 g/mol. The number of hydrogen-bond donors (Lipinski definition) is 1. The van der Waals surface area contributed by atoms with Gasteiger partial charge in [-0.25, -0.2) is 9.97 Å². The summed E-state index contributed by atoms with van der Waals surface area (Å²) in [5.41, 5.74) is 8.30. The lowest BCUT2D eigenvalue weighted by Crippen LogP contribution is -2.24. The minimum atomic E-state index is 0.399. The van der Waals surface area contributed by atoms with E-state index in [4.69, 9.17) is 15.5 Å². The van der Waals surface area contributed by atoms with Crippen molar-refractivity contribution < 1.29 is 4.74 Å². The Hall–Kier alpha value is -1.00. The average Bonchev–Trinajstić information content (AvgIpc) is 2.47. The Labute approximate surface area is 108 Å². The number of hydrogen-bond acceptors (Lipinski definition) is 4. The van der Waals surface area contributed by atoms with Crippen molar-refractivity contribution in [2.24, 2.45) is 11.7 Å². The molecule has 1 fully saturated rings. The highest BCUT2D eigenvalue weighted by molar-refractivity contribution is 5.22. The van der Waals surface area contributed by atoms with Gasteiger partial charge in [0, 0.05) is 24.4 Å². The number of ether oxygens (including phenoxy) is 1. The fourth-order valence-electron chi connectivity index (χ4n) is 2.94. The van der Waals surface area contributed by atoms with Crippen LogP contribution in [0.1, 0.15) is 42.3 Å². The molecule has 2 aliphatic rings. The molecule has 18 heavy (non-hydrogen) atoms. The minimum Gasteiger partial charge on any atom is -0.381 e. The summed E-state index contributed by atoms with van der Waals surface area (Å²) in [4.78, 5) is 9.33. The van der Waals surface area contributed by atoms with Crippen LogP contribution in [-0.4, -0.2) is 29.7 Å². The predicted molar refractivity (Wildman–Crippen MR) is 69.4 cm³/mol. The molecule has 0 spiro atoms. The summed E-state index contributed by atoms with van der Waals surface area (Å²) >= 11 is 0. The van der Waals surface area contributed by atoms with E-state index in [9.17, 15) is 0 Å². The molecule has 0 amide bonds. The number of aromatic nitrogens is 2. The van der Waals surface area contributed by atoms with Crippen LogP contribution in [0, 0.1) is 5.92 Å². The van der Waals surface area contributed by atoms with Gasteiger partial charge < -0.3 is 10.5 Å². The second-order valence-corrected chi connectivity index (χ2v) is 5.46. The highest BCUT2D eigenvalue weighted by atomic mass is 16.5. The molecular formula is C14H21N3O. The van der Waals surface area contributed by atoms with Crippen LogP contribution >= 0.6 is 0 Å². The summed E-state index contributed by atoms with van der Waals surface area (Å²) < 4.78 is 5.52. The van der Waals surface area contributed by atoms with Gasteiger partial charge in [-0.15, -0.1) is 0 Å². The van der Waals surface area contributed by atoms with Crippen molar-refractivity contribution >= 4 is 0 Å². The second-order valence-electron chi connectivity index (χ2n) is 5.46. The Balaban J connectivity index is 1.78. The van der Waals surface area contributed by atoms with Crippen molar-refractivity contribution in [3.63, 3.8) is 0 Å². The van der Waals surface area contributed by atoms with Gasteiger partial charge in [-0.2, -0.15) is 0 Å². The maximum absolute atomic E-state index is 5.75. The molecule has 1 aromatic rings. The van der Waals surface area contributed by atoms with E-state index in [2.05, 4.69) is 4.98 Å². The van der Waals surface area contributed by atoms with Crippen LogP contribution < -0.4 is 5.73 Å². The van der Waals surface area contributed by atoms with Gasteiger partial charge in [0.1, 0.15) is 5.82 Å². The quantitative estimate of drug-likeness (QED) is 0.859. The molecule has 2 atom stereocenters. The first-order chi connectivity index (χ1) is 8.86. The lowest BCUT2D eigenvalue weighted by atomic mass is 9.87.